The fraction of sp³-hybridized carbons (Fsp3) is 0.409. The van der Waals surface area contributed by atoms with Gasteiger partial charge in [0.25, 0.3) is 5.91 Å². The normalized spacial score (nSPS) is 12.3. The largest absolute Gasteiger partial charge is 0.350 e. The highest BCUT2D eigenvalue weighted by molar-refractivity contribution is 5.92. The lowest BCUT2D eigenvalue weighted by Gasteiger charge is -2.25. The second-order valence-corrected chi connectivity index (χ2v) is 7.81. The van der Waals surface area contributed by atoms with Crippen LogP contribution in [0.15, 0.2) is 42.9 Å². The first-order valence-electron chi connectivity index (χ1n) is 10.2. The van der Waals surface area contributed by atoms with E-state index >= 15 is 0 Å². The van der Waals surface area contributed by atoms with Gasteiger partial charge < -0.3 is 15.2 Å². The first-order valence-corrected chi connectivity index (χ1v) is 10.2. The average Bonchev–Trinajstić information content (AvgIpc) is 3.11. The van der Waals surface area contributed by atoms with Crippen LogP contribution >= 0.6 is 0 Å². The minimum atomic E-state index is -0.349. The number of hydrogen-bond acceptors (Lipinski definition) is 5. The summed E-state index contributed by atoms with van der Waals surface area (Å²) in [4.78, 5) is 37.3. The Balaban J connectivity index is 1.69. The van der Waals surface area contributed by atoms with Crippen molar-refractivity contribution in [3.63, 3.8) is 0 Å². The zero-order chi connectivity index (χ0) is 21.7. The molecule has 0 aliphatic carbocycles. The molecule has 2 amide bonds. The number of nitrogens with one attached hydrogen (secondary N) is 2. The van der Waals surface area contributed by atoms with E-state index in [0.29, 0.717) is 0 Å². The third-order valence-corrected chi connectivity index (χ3v) is 4.83. The van der Waals surface area contributed by atoms with Gasteiger partial charge in [-0.3, -0.25) is 14.6 Å². The summed E-state index contributed by atoms with van der Waals surface area (Å²) in [6.45, 7) is 8.56. The Bertz CT molecular complexity index is 1010. The maximum absolute atomic E-state index is 12.6. The first-order chi connectivity index (χ1) is 14.4. The molecule has 2 aromatic heterocycles. The summed E-state index contributed by atoms with van der Waals surface area (Å²) in [7, 11) is 0. The lowest BCUT2D eigenvalue weighted by molar-refractivity contribution is -0.122. The summed E-state index contributed by atoms with van der Waals surface area (Å²) < 4.78 is 2.18. The number of nitrogens with zero attached hydrogens (tertiary/aromatic N) is 4. The van der Waals surface area contributed by atoms with E-state index < -0.39 is 0 Å². The topological polar surface area (TPSA) is 102 Å². The van der Waals surface area contributed by atoms with Crippen LogP contribution in [-0.4, -0.2) is 37.9 Å². The Morgan fingerprint density at radius 2 is 1.87 bits per heavy atom. The number of amides is 2. The predicted octanol–water partition coefficient (Wildman–Crippen LogP) is 3.04. The van der Waals surface area contributed by atoms with Crippen LogP contribution in [0.25, 0.3) is 11.0 Å². The lowest BCUT2D eigenvalue weighted by atomic mass is 10.0. The summed E-state index contributed by atoms with van der Waals surface area (Å²) in [5.74, 6) is 0.504. The molecule has 2 N–H and O–H groups in total. The SMILES string of the molecule is CC(C)C(NC(=O)CCNC(=O)c1cnccn1)c1nc2ccccc2n1C(C)C. The van der Waals surface area contributed by atoms with Gasteiger partial charge in [0.1, 0.15) is 11.5 Å². The molecule has 0 saturated carbocycles. The van der Waals surface area contributed by atoms with Crippen LogP contribution in [0.3, 0.4) is 0 Å². The summed E-state index contributed by atoms with van der Waals surface area (Å²) >= 11 is 0. The molecule has 0 aliphatic heterocycles. The third-order valence-electron chi connectivity index (χ3n) is 4.83. The summed E-state index contributed by atoms with van der Waals surface area (Å²) in [5, 5.41) is 5.80. The van der Waals surface area contributed by atoms with Gasteiger partial charge in [0.15, 0.2) is 0 Å². The van der Waals surface area contributed by atoms with Gasteiger partial charge in [0.2, 0.25) is 5.91 Å². The highest BCUT2D eigenvalue weighted by atomic mass is 16.2. The molecule has 3 aromatic rings. The molecule has 0 bridgehead atoms. The second-order valence-electron chi connectivity index (χ2n) is 7.81. The highest BCUT2D eigenvalue weighted by Crippen LogP contribution is 2.28. The summed E-state index contributed by atoms with van der Waals surface area (Å²) in [6.07, 6.45) is 4.51. The maximum atomic E-state index is 12.6. The van der Waals surface area contributed by atoms with Gasteiger partial charge in [-0.2, -0.15) is 0 Å². The molecule has 30 heavy (non-hydrogen) atoms. The number of carbonyl (C=O) groups excluding carboxylic acids is 2. The molecule has 0 fully saturated rings. The molecular weight excluding hydrogens is 380 g/mol. The van der Waals surface area contributed by atoms with Crippen LogP contribution in [0.1, 0.15) is 62.5 Å². The summed E-state index contributed by atoms with van der Waals surface area (Å²) in [6, 6.07) is 7.97. The minimum Gasteiger partial charge on any atom is -0.350 e. The molecule has 158 valence electrons. The van der Waals surface area contributed by atoms with Crippen molar-refractivity contribution in [3.05, 3.63) is 54.4 Å². The minimum absolute atomic E-state index is 0.143. The molecule has 8 heteroatoms. The molecule has 1 aromatic carbocycles. The molecule has 0 spiro atoms. The fourth-order valence-corrected chi connectivity index (χ4v) is 3.40. The van der Waals surface area contributed by atoms with E-state index in [0.717, 1.165) is 16.9 Å². The number of carbonyl (C=O) groups is 2. The van der Waals surface area contributed by atoms with Crippen molar-refractivity contribution in [2.45, 2.75) is 46.2 Å². The van der Waals surface area contributed by atoms with E-state index in [1.807, 2.05) is 24.3 Å². The van der Waals surface area contributed by atoms with E-state index in [1.54, 1.807) is 0 Å². The maximum Gasteiger partial charge on any atom is 0.271 e. The van der Waals surface area contributed by atoms with Gasteiger partial charge in [-0.25, -0.2) is 9.97 Å². The number of fused-ring (bicyclic) bond motifs is 1. The molecule has 0 saturated heterocycles. The van der Waals surface area contributed by atoms with Crippen molar-refractivity contribution in [3.8, 4) is 0 Å². The Labute approximate surface area is 176 Å². The van der Waals surface area contributed by atoms with Gasteiger partial charge in [-0.15, -0.1) is 0 Å². The van der Waals surface area contributed by atoms with Crippen LogP contribution in [0.2, 0.25) is 0 Å². The van der Waals surface area contributed by atoms with Gasteiger partial charge in [-0.1, -0.05) is 26.0 Å². The van der Waals surface area contributed by atoms with Crippen LogP contribution in [-0.2, 0) is 4.79 Å². The van der Waals surface area contributed by atoms with Gasteiger partial charge >= 0.3 is 0 Å². The van der Waals surface area contributed by atoms with E-state index in [9.17, 15) is 9.59 Å². The Hall–Kier alpha value is -3.29. The van der Waals surface area contributed by atoms with Gasteiger partial charge in [-0.05, 0) is 31.9 Å². The average molecular weight is 409 g/mol. The molecule has 1 unspecified atom stereocenters. The molecule has 1 atom stereocenters. The number of benzene rings is 1. The van der Waals surface area contributed by atoms with Gasteiger partial charge in [0.05, 0.1) is 23.3 Å². The van der Waals surface area contributed by atoms with Gasteiger partial charge in [0, 0.05) is 31.4 Å². The monoisotopic (exact) mass is 408 g/mol. The number of imidazole rings is 1. The van der Waals surface area contributed by atoms with Crippen molar-refractivity contribution >= 4 is 22.8 Å². The standard InChI is InChI=1S/C22H28N6O2/c1-14(2)20(21-26-16-7-5-6-8-18(16)28(21)15(3)4)27-19(29)9-10-25-22(30)17-13-23-11-12-24-17/h5-8,11-15,20H,9-10H2,1-4H3,(H,25,30)(H,27,29). The number of aromatic nitrogens is 4. The zero-order valence-corrected chi connectivity index (χ0v) is 17.8. The Morgan fingerprint density at radius 3 is 2.53 bits per heavy atom. The number of rotatable bonds is 8. The highest BCUT2D eigenvalue weighted by Gasteiger charge is 2.26. The van der Waals surface area contributed by atoms with Crippen molar-refractivity contribution in [2.24, 2.45) is 5.92 Å². The van der Waals surface area contributed by atoms with E-state index in [2.05, 4.69) is 52.9 Å². The first kappa shape index (κ1) is 21.4. The molecule has 2 heterocycles. The molecule has 0 radical (unpaired) electrons. The smallest absolute Gasteiger partial charge is 0.271 e. The van der Waals surface area contributed by atoms with Crippen molar-refractivity contribution in [1.29, 1.82) is 0 Å². The quantitative estimate of drug-likeness (QED) is 0.596. The van der Waals surface area contributed by atoms with Crippen LogP contribution < -0.4 is 10.6 Å². The van der Waals surface area contributed by atoms with Crippen molar-refractivity contribution in [1.82, 2.24) is 30.2 Å². The molecule has 3 rings (SSSR count). The number of para-hydroxylation sites is 2. The second kappa shape index (κ2) is 9.47. The van der Waals surface area contributed by atoms with E-state index in [1.165, 1.54) is 18.6 Å². The van der Waals surface area contributed by atoms with Crippen LogP contribution in [0, 0.1) is 5.92 Å². The summed E-state index contributed by atoms with van der Waals surface area (Å²) in [5.41, 5.74) is 2.19. The fourth-order valence-electron chi connectivity index (χ4n) is 3.40. The van der Waals surface area contributed by atoms with Crippen molar-refractivity contribution < 1.29 is 9.59 Å². The van der Waals surface area contributed by atoms with Crippen molar-refractivity contribution in [2.75, 3.05) is 6.54 Å². The van der Waals surface area contributed by atoms with E-state index in [-0.39, 0.29) is 48.5 Å². The Kier molecular flexibility index (Phi) is 6.76. The lowest BCUT2D eigenvalue weighted by Crippen LogP contribution is -2.36. The Morgan fingerprint density at radius 1 is 1.10 bits per heavy atom. The zero-order valence-electron chi connectivity index (χ0n) is 17.8. The third kappa shape index (κ3) is 4.82. The molecular formula is C22H28N6O2. The number of hydrogen-bond donors (Lipinski definition) is 2. The van der Waals surface area contributed by atoms with Crippen LogP contribution in [0.4, 0.5) is 0 Å². The molecule has 8 nitrogen and oxygen atoms in total. The predicted molar refractivity (Wildman–Crippen MR) is 115 cm³/mol. The van der Waals surface area contributed by atoms with Crippen LogP contribution in [0.5, 0.6) is 0 Å². The molecule has 0 aliphatic rings. The van der Waals surface area contributed by atoms with E-state index in [4.69, 9.17) is 4.98 Å².